The molecule has 1 rings (SSSR count). The Hall–Kier alpha value is -1.06. The first-order chi connectivity index (χ1) is 5.46. The minimum atomic E-state index is -0.882. The number of carbonyl (C=O) groups is 2. The lowest BCUT2D eigenvalue weighted by molar-refractivity contribution is -0.168. The molecule has 0 aromatic carbocycles. The summed E-state index contributed by atoms with van der Waals surface area (Å²) < 4.78 is 0. The van der Waals surface area contributed by atoms with E-state index in [4.69, 9.17) is 10.2 Å². The van der Waals surface area contributed by atoms with Gasteiger partial charge in [-0.15, -0.1) is 0 Å². The smallest absolute Gasteiger partial charge is 0.307 e. The molecule has 0 atom stereocenters. The summed E-state index contributed by atoms with van der Waals surface area (Å²) in [7, 11) is 0. The van der Waals surface area contributed by atoms with Gasteiger partial charge in [-0.05, 0) is 11.8 Å². The number of hydrogen-bond donors (Lipinski definition) is 2. The maximum atomic E-state index is 10.6. The van der Waals surface area contributed by atoms with Crippen molar-refractivity contribution in [1.82, 2.24) is 0 Å². The van der Waals surface area contributed by atoms with Crippen molar-refractivity contribution >= 4 is 11.9 Å². The molecule has 68 valence electrons. The summed E-state index contributed by atoms with van der Waals surface area (Å²) in [5, 5.41) is 17.4. The van der Waals surface area contributed by atoms with E-state index in [1.165, 1.54) is 0 Å². The number of hydrogen-bond acceptors (Lipinski definition) is 2. The molecule has 0 aromatic rings. The summed E-state index contributed by atoms with van der Waals surface area (Å²) >= 11 is 0. The Bertz CT molecular complexity index is 191. The normalized spacial score (nSPS) is 40.2. The Balaban J connectivity index is 2.68. The van der Waals surface area contributed by atoms with E-state index in [1.807, 2.05) is 0 Å². The zero-order valence-electron chi connectivity index (χ0n) is 7.02. The molecule has 1 aliphatic carbocycles. The van der Waals surface area contributed by atoms with Crippen molar-refractivity contribution < 1.29 is 19.8 Å². The maximum absolute atomic E-state index is 10.6. The van der Waals surface area contributed by atoms with Crippen molar-refractivity contribution in [2.45, 2.75) is 13.8 Å². The van der Waals surface area contributed by atoms with Gasteiger partial charge in [0.05, 0.1) is 11.8 Å². The molecule has 2 N–H and O–H groups in total. The Morgan fingerprint density at radius 3 is 1.33 bits per heavy atom. The van der Waals surface area contributed by atoms with Gasteiger partial charge in [-0.1, -0.05) is 13.8 Å². The first-order valence-corrected chi connectivity index (χ1v) is 3.92. The summed E-state index contributed by atoms with van der Waals surface area (Å²) in [6.07, 6.45) is 0. The lowest BCUT2D eigenvalue weighted by Gasteiger charge is -2.44. The summed E-state index contributed by atoms with van der Waals surface area (Å²) in [5.74, 6) is -3.21. The lowest BCUT2D eigenvalue weighted by atomic mass is 9.58. The highest BCUT2D eigenvalue weighted by molar-refractivity contribution is 5.79. The van der Waals surface area contributed by atoms with E-state index < -0.39 is 23.8 Å². The monoisotopic (exact) mass is 172 g/mol. The topological polar surface area (TPSA) is 74.6 Å². The maximum Gasteiger partial charge on any atom is 0.307 e. The van der Waals surface area contributed by atoms with Crippen molar-refractivity contribution in [2.75, 3.05) is 0 Å². The van der Waals surface area contributed by atoms with E-state index >= 15 is 0 Å². The molecule has 1 fully saturated rings. The van der Waals surface area contributed by atoms with E-state index in [0.29, 0.717) is 0 Å². The van der Waals surface area contributed by atoms with Crippen LogP contribution in [0.3, 0.4) is 0 Å². The van der Waals surface area contributed by atoms with Crippen LogP contribution in [-0.4, -0.2) is 22.2 Å². The number of carboxylic acid groups (broad SMARTS) is 2. The minimum Gasteiger partial charge on any atom is -0.481 e. The summed E-state index contributed by atoms with van der Waals surface area (Å²) in [6, 6.07) is 0. The minimum absolute atomic E-state index is 0.241. The van der Waals surface area contributed by atoms with Crippen LogP contribution in [0.25, 0.3) is 0 Å². The van der Waals surface area contributed by atoms with E-state index in [1.54, 1.807) is 13.8 Å². The van der Waals surface area contributed by atoms with Crippen molar-refractivity contribution in [3.8, 4) is 0 Å². The van der Waals surface area contributed by atoms with E-state index in [-0.39, 0.29) is 11.8 Å². The highest BCUT2D eigenvalue weighted by Gasteiger charge is 2.52. The Morgan fingerprint density at radius 1 is 0.917 bits per heavy atom. The van der Waals surface area contributed by atoms with Crippen LogP contribution in [-0.2, 0) is 9.59 Å². The van der Waals surface area contributed by atoms with Gasteiger partial charge in [-0.3, -0.25) is 9.59 Å². The van der Waals surface area contributed by atoms with Crippen LogP contribution in [0.4, 0.5) is 0 Å². The fourth-order valence-electron chi connectivity index (χ4n) is 2.16. The molecule has 0 unspecified atom stereocenters. The molecule has 0 amide bonds. The first kappa shape index (κ1) is 9.03. The second kappa shape index (κ2) is 2.77. The fourth-order valence-corrected chi connectivity index (χ4v) is 2.16. The zero-order chi connectivity index (χ0) is 9.46. The molecule has 0 aromatic heterocycles. The predicted molar refractivity (Wildman–Crippen MR) is 40.6 cm³/mol. The number of carboxylic acids is 2. The standard InChI is InChI=1S/C8H12O4/c1-3-5(7(9)10)4(2)6(3)8(11)12/h3-6H,1-2H3,(H,9,10)(H,11,12). The van der Waals surface area contributed by atoms with Gasteiger partial charge in [0.25, 0.3) is 0 Å². The van der Waals surface area contributed by atoms with Crippen LogP contribution in [0, 0.1) is 23.7 Å². The average molecular weight is 172 g/mol. The number of rotatable bonds is 2. The summed E-state index contributed by atoms with van der Waals surface area (Å²) in [4.78, 5) is 21.2. The number of aliphatic carboxylic acids is 2. The van der Waals surface area contributed by atoms with Gasteiger partial charge in [0.1, 0.15) is 0 Å². The molecule has 0 heterocycles. The van der Waals surface area contributed by atoms with Crippen molar-refractivity contribution in [3.05, 3.63) is 0 Å². The molecule has 4 heteroatoms. The Kier molecular flexibility index (Phi) is 2.08. The first-order valence-electron chi connectivity index (χ1n) is 3.92. The molecule has 0 aliphatic heterocycles. The third-order valence-corrected chi connectivity index (χ3v) is 2.84. The van der Waals surface area contributed by atoms with Crippen molar-refractivity contribution in [2.24, 2.45) is 23.7 Å². The van der Waals surface area contributed by atoms with Crippen molar-refractivity contribution in [3.63, 3.8) is 0 Å². The molecule has 1 aliphatic rings. The summed E-state index contributed by atoms with van der Waals surface area (Å²) in [6.45, 7) is 3.36. The van der Waals surface area contributed by atoms with Gasteiger partial charge < -0.3 is 10.2 Å². The molecule has 12 heavy (non-hydrogen) atoms. The van der Waals surface area contributed by atoms with Gasteiger partial charge in [0.2, 0.25) is 0 Å². The van der Waals surface area contributed by atoms with E-state index in [0.717, 1.165) is 0 Å². The van der Waals surface area contributed by atoms with Gasteiger partial charge in [0, 0.05) is 0 Å². The van der Waals surface area contributed by atoms with Crippen LogP contribution in [0.15, 0.2) is 0 Å². The SMILES string of the molecule is CC1C(C(=O)O)C(C)C1C(=O)O. The Morgan fingerprint density at radius 2 is 1.17 bits per heavy atom. The Labute approximate surface area is 70.2 Å². The average Bonchev–Trinajstić information content (AvgIpc) is 1.84. The quantitative estimate of drug-likeness (QED) is 0.642. The summed E-state index contributed by atoms with van der Waals surface area (Å²) in [5.41, 5.74) is 0. The van der Waals surface area contributed by atoms with Gasteiger partial charge >= 0.3 is 11.9 Å². The van der Waals surface area contributed by atoms with E-state index in [9.17, 15) is 9.59 Å². The molecular formula is C8H12O4. The molecule has 0 saturated heterocycles. The van der Waals surface area contributed by atoms with Crippen molar-refractivity contribution in [1.29, 1.82) is 0 Å². The predicted octanol–water partition coefficient (Wildman–Crippen LogP) is 0.674. The molecule has 1 saturated carbocycles. The van der Waals surface area contributed by atoms with Crippen LogP contribution in [0.5, 0.6) is 0 Å². The second-order valence-electron chi connectivity index (χ2n) is 3.45. The van der Waals surface area contributed by atoms with Crippen LogP contribution < -0.4 is 0 Å². The molecule has 0 radical (unpaired) electrons. The highest BCUT2D eigenvalue weighted by Crippen LogP contribution is 2.45. The molecule has 4 nitrogen and oxygen atoms in total. The van der Waals surface area contributed by atoms with Gasteiger partial charge in [-0.2, -0.15) is 0 Å². The zero-order valence-corrected chi connectivity index (χ0v) is 7.02. The van der Waals surface area contributed by atoms with E-state index in [2.05, 4.69) is 0 Å². The molecule has 0 spiro atoms. The second-order valence-corrected chi connectivity index (χ2v) is 3.45. The largest absolute Gasteiger partial charge is 0.481 e. The molecular weight excluding hydrogens is 160 g/mol. The molecule has 0 bridgehead atoms. The van der Waals surface area contributed by atoms with Gasteiger partial charge in [0.15, 0.2) is 0 Å². The van der Waals surface area contributed by atoms with Crippen LogP contribution >= 0.6 is 0 Å². The highest BCUT2D eigenvalue weighted by atomic mass is 16.4. The fraction of sp³-hybridized carbons (Fsp3) is 0.750. The van der Waals surface area contributed by atoms with Crippen LogP contribution in [0.1, 0.15) is 13.8 Å². The van der Waals surface area contributed by atoms with Gasteiger partial charge in [-0.25, -0.2) is 0 Å². The van der Waals surface area contributed by atoms with Crippen LogP contribution in [0.2, 0.25) is 0 Å². The third kappa shape index (κ3) is 1.07. The lowest BCUT2D eigenvalue weighted by Crippen LogP contribution is -2.51. The third-order valence-electron chi connectivity index (χ3n) is 2.84.